The lowest BCUT2D eigenvalue weighted by Gasteiger charge is -2.27. The number of hydrogen-bond acceptors (Lipinski definition) is 4. The lowest BCUT2D eigenvalue weighted by Crippen LogP contribution is -2.31. The molecule has 0 N–H and O–H groups in total. The molecule has 0 radical (unpaired) electrons. The molecule has 0 atom stereocenters. The molecule has 5 nitrogen and oxygen atoms in total. The fraction of sp³-hybridized carbons (Fsp3) is 0.300. The summed E-state index contributed by atoms with van der Waals surface area (Å²) >= 11 is 3.42. The van der Waals surface area contributed by atoms with Crippen molar-refractivity contribution in [1.29, 1.82) is 0 Å². The van der Waals surface area contributed by atoms with Gasteiger partial charge in [-0.15, -0.1) is 0 Å². The van der Waals surface area contributed by atoms with Gasteiger partial charge >= 0.3 is 0 Å². The molecular weight excluding hydrogens is 411 g/mol. The highest BCUT2D eigenvalue weighted by Gasteiger charge is 2.24. The lowest BCUT2D eigenvalue weighted by atomic mass is 10.0. The molecule has 0 spiro atoms. The zero-order chi connectivity index (χ0) is 18.8. The third-order valence-electron chi connectivity index (χ3n) is 4.80. The van der Waals surface area contributed by atoms with Gasteiger partial charge in [-0.1, -0.05) is 22.0 Å². The summed E-state index contributed by atoms with van der Waals surface area (Å²) in [6, 6.07) is 10.7. The highest BCUT2D eigenvalue weighted by molar-refractivity contribution is 9.10. The van der Waals surface area contributed by atoms with Gasteiger partial charge in [0.25, 0.3) is 0 Å². The van der Waals surface area contributed by atoms with E-state index in [0.717, 1.165) is 29.7 Å². The Balaban J connectivity index is 1.50. The van der Waals surface area contributed by atoms with Crippen LogP contribution in [0, 0.1) is 5.82 Å². The number of aromatic nitrogens is 3. The van der Waals surface area contributed by atoms with Gasteiger partial charge in [-0.3, -0.25) is 9.58 Å². The summed E-state index contributed by atoms with van der Waals surface area (Å²) in [6.45, 7) is 2.55. The minimum absolute atomic E-state index is 0.172. The highest BCUT2D eigenvalue weighted by Crippen LogP contribution is 2.25. The molecule has 0 fully saturated rings. The Labute approximate surface area is 165 Å². The molecule has 0 amide bonds. The van der Waals surface area contributed by atoms with Crippen LogP contribution in [-0.4, -0.2) is 26.2 Å². The van der Waals surface area contributed by atoms with Gasteiger partial charge in [0.1, 0.15) is 18.1 Å². The number of fused-ring (bicyclic) bond motifs is 1. The Hall–Kier alpha value is -2.25. The van der Waals surface area contributed by atoms with E-state index in [0.29, 0.717) is 24.6 Å². The zero-order valence-electron chi connectivity index (χ0n) is 15.0. The van der Waals surface area contributed by atoms with Crippen molar-refractivity contribution in [2.45, 2.75) is 26.1 Å². The van der Waals surface area contributed by atoms with E-state index < -0.39 is 0 Å². The van der Waals surface area contributed by atoms with Gasteiger partial charge in [0.15, 0.2) is 0 Å². The first-order valence-corrected chi connectivity index (χ1v) is 9.63. The first-order chi connectivity index (χ1) is 13.1. The second-order valence-corrected chi connectivity index (χ2v) is 7.56. The van der Waals surface area contributed by atoms with E-state index in [1.165, 1.54) is 17.3 Å². The number of hydrogen-bond donors (Lipinski definition) is 0. The van der Waals surface area contributed by atoms with Crippen LogP contribution in [0.25, 0.3) is 0 Å². The van der Waals surface area contributed by atoms with Crippen LogP contribution in [-0.2, 0) is 33.2 Å². The average molecular weight is 431 g/mol. The summed E-state index contributed by atoms with van der Waals surface area (Å²) in [4.78, 5) is 6.44. The van der Waals surface area contributed by atoms with E-state index in [4.69, 9.17) is 4.74 Å². The van der Waals surface area contributed by atoms with Crippen LogP contribution >= 0.6 is 15.9 Å². The van der Waals surface area contributed by atoms with Gasteiger partial charge in [-0.05, 0) is 24.3 Å². The zero-order valence-corrected chi connectivity index (χ0v) is 16.6. The summed E-state index contributed by atoms with van der Waals surface area (Å²) in [5.41, 5.74) is 4.01. The van der Waals surface area contributed by atoms with Gasteiger partial charge in [-0.25, -0.2) is 9.37 Å². The maximum absolute atomic E-state index is 14.1. The van der Waals surface area contributed by atoms with Crippen LogP contribution < -0.4 is 4.74 Å². The van der Waals surface area contributed by atoms with Crippen LogP contribution in [0.1, 0.15) is 22.5 Å². The molecule has 4 rings (SSSR count). The van der Waals surface area contributed by atoms with Crippen molar-refractivity contribution in [3.8, 4) is 5.88 Å². The maximum Gasteiger partial charge on any atom is 0.213 e. The molecule has 7 heteroatoms. The van der Waals surface area contributed by atoms with E-state index in [2.05, 4.69) is 30.9 Å². The number of pyridine rings is 1. The van der Waals surface area contributed by atoms with Crippen molar-refractivity contribution in [3.63, 3.8) is 0 Å². The molecule has 0 saturated heterocycles. The Morgan fingerprint density at radius 2 is 2.15 bits per heavy atom. The molecule has 1 aliphatic rings. The molecule has 0 unspecified atom stereocenters. The van der Waals surface area contributed by atoms with Gasteiger partial charge in [-0.2, -0.15) is 5.10 Å². The normalized spacial score (nSPS) is 14.2. The first-order valence-electron chi connectivity index (χ1n) is 8.84. The van der Waals surface area contributed by atoms with Gasteiger partial charge in [0, 0.05) is 66.7 Å². The number of nitrogens with zero attached hydrogens (tertiary/aromatic N) is 4. The summed E-state index contributed by atoms with van der Waals surface area (Å²) in [7, 11) is 1.97. The number of aryl methyl sites for hydroxylation is 1. The Morgan fingerprint density at radius 1 is 1.26 bits per heavy atom. The largest absolute Gasteiger partial charge is 0.471 e. The van der Waals surface area contributed by atoms with Crippen LogP contribution in [0.15, 0.2) is 47.1 Å². The molecule has 3 heterocycles. The van der Waals surface area contributed by atoms with Crippen molar-refractivity contribution in [1.82, 2.24) is 19.7 Å². The van der Waals surface area contributed by atoms with Crippen molar-refractivity contribution < 1.29 is 9.13 Å². The fourth-order valence-corrected chi connectivity index (χ4v) is 3.87. The molecular formula is C20H20BrFN4O. The Kier molecular flexibility index (Phi) is 5.22. The third-order valence-corrected chi connectivity index (χ3v) is 5.29. The van der Waals surface area contributed by atoms with Gasteiger partial charge < -0.3 is 4.74 Å². The smallest absolute Gasteiger partial charge is 0.213 e. The lowest BCUT2D eigenvalue weighted by molar-refractivity contribution is 0.235. The second-order valence-electron chi connectivity index (χ2n) is 6.65. The van der Waals surface area contributed by atoms with Crippen LogP contribution in [0.2, 0.25) is 0 Å². The number of halogens is 2. The molecule has 0 saturated carbocycles. The SMILES string of the molecule is Cn1nc(COc2ccccn2)c2c1CCN(Cc1cc(Br)ccc1F)C2. The monoisotopic (exact) mass is 430 g/mol. The van der Waals surface area contributed by atoms with Crippen molar-refractivity contribution >= 4 is 15.9 Å². The maximum atomic E-state index is 14.1. The summed E-state index contributed by atoms with van der Waals surface area (Å²) in [5, 5.41) is 4.64. The molecule has 1 aliphatic heterocycles. The van der Waals surface area contributed by atoms with E-state index in [1.54, 1.807) is 12.3 Å². The number of benzene rings is 1. The van der Waals surface area contributed by atoms with Gasteiger partial charge in [0.05, 0.1) is 0 Å². The van der Waals surface area contributed by atoms with E-state index in [-0.39, 0.29) is 5.82 Å². The number of rotatable bonds is 5. The van der Waals surface area contributed by atoms with Gasteiger partial charge in [0.2, 0.25) is 5.88 Å². The van der Waals surface area contributed by atoms with E-state index >= 15 is 0 Å². The molecule has 2 aromatic heterocycles. The summed E-state index contributed by atoms with van der Waals surface area (Å²) in [5.74, 6) is 0.412. The first kappa shape index (κ1) is 18.1. The Bertz CT molecular complexity index is 945. The van der Waals surface area contributed by atoms with Crippen LogP contribution in [0.4, 0.5) is 4.39 Å². The van der Waals surface area contributed by atoms with Crippen LogP contribution in [0.3, 0.4) is 0 Å². The molecule has 0 bridgehead atoms. The molecule has 27 heavy (non-hydrogen) atoms. The number of ether oxygens (including phenoxy) is 1. The predicted octanol–water partition coefficient (Wildman–Crippen LogP) is 3.85. The molecule has 140 valence electrons. The Morgan fingerprint density at radius 3 is 2.96 bits per heavy atom. The molecule has 1 aromatic carbocycles. The standard InChI is InChI=1S/C20H20BrFN4O/c1-25-19-7-9-26(11-14-10-15(21)5-6-17(14)22)12-16(19)18(24-25)13-27-20-4-2-3-8-23-20/h2-6,8,10H,7,9,11-13H2,1H3. The van der Waals surface area contributed by atoms with E-state index in [1.807, 2.05) is 36.0 Å². The van der Waals surface area contributed by atoms with Crippen molar-refractivity contribution in [2.24, 2.45) is 7.05 Å². The summed E-state index contributed by atoms with van der Waals surface area (Å²) < 4.78 is 22.7. The quantitative estimate of drug-likeness (QED) is 0.616. The second kappa shape index (κ2) is 7.78. The summed E-state index contributed by atoms with van der Waals surface area (Å²) in [6.07, 6.45) is 2.59. The minimum atomic E-state index is -0.172. The fourth-order valence-electron chi connectivity index (χ4n) is 3.46. The molecule has 0 aliphatic carbocycles. The van der Waals surface area contributed by atoms with Crippen molar-refractivity contribution in [2.75, 3.05) is 6.54 Å². The average Bonchev–Trinajstić information content (AvgIpc) is 2.99. The predicted molar refractivity (Wildman–Crippen MR) is 104 cm³/mol. The topological polar surface area (TPSA) is 43.2 Å². The van der Waals surface area contributed by atoms with E-state index in [9.17, 15) is 4.39 Å². The highest BCUT2D eigenvalue weighted by atomic mass is 79.9. The van der Waals surface area contributed by atoms with Crippen LogP contribution in [0.5, 0.6) is 5.88 Å². The minimum Gasteiger partial charge on any atom is -0.471 e. The van der Waals surface area contributed by atoms with Crippen molar-refractivity contribution in [3.05, 3.63) is 75.4 Å². The third kappa shape index (κ3) is 4.04. The molecule has 3 aromatic rings.